The summed E-state index contributed by atoms with van der Waals surface area (Å²) in [6.45, 7) is 1.49. The number of hydrogen-bond donors (Lipinski definition) is 1. The molecule has 1 fully saturated rings. The number of rotatable bonds is 1. The van der Waals surface area contributed by atoms with Crippen molar-refractivity contribution >= 4 is 11.6 Å². The Morgan fingerprint density at radius 1 is 1.38 bits per heavy atom. The molecule has 16 heavy (non-hydrogen) atoms. The molecule has 0 spiro atoms. The van der Waals surface area contributed by atoms with Gasteiger partial charge in [-0.1, -0.05) is 17.7 Å². The predicted molar refractivity (Wildman–Crippen MR) is 60.8 cm³/mol. The van der Waals surface area contributed by atoms with E-state index >= 15 is 0 Å². The summed E-state index contributed by atoms with van der Waals surface area (Å²) in [7, 11) is 0. The van der Waals surface area contributed by atoms with E-state index in [0.29, 0.717) is 23.4 Å². The Balaban J connectivity index is 2.44. The zero-order valence-corrected chi connectivity index (χ0v) is 9.52. The molecule has 0 amide bonds. The largest absolute Gasteiger partial charge is 0.317 e. The molecule has 2 rings (SSSR count). The number of piperidine rings is 1. The lowest BCUT2D eigenvalue weighted by atomic mass is 9.74. The molecule has 0 aliphatic carbocycles. The summed E-state index contributed by atoms with van der Waals surface area (Å²) in [4.78, 5) is 0. The second kappa shape index (κ2) is 4.40. The highest BCUT2D eigenvalue weighted by molar-refractivity contribution is 6.30. The monoisotopic (exact) mass is 238 g/mol. The maximum Gasteiger partial charge on any atom is 0.129 e. The van der Waals surface area contributed by atoms with Crippen LogP contribution in [0.4, 0.5) is 4.39 Å². The number of hydrogen-bond acceptors (Lipinski definition) is 2. The summed E-state index contributed by atoms with van der Waals surface area (Å²) < 4.78 is 13.8. The van der Waals surface area contributed by atoms with Crippen molar-refractivity contribution in [1.82, 2.24) is 5.32 Å². The average Bonchev–Trinajstić information content (AvgIpc) is 2.30. The normalized spacial score (nSPS) is 19.1. The number of nitriles is 1. The third-order valence-corrected chi connectivity index (χ3v) is 3.35. The maximum atomic E-state index is 13.8. The Labute approximate surface area is 99.0 Å². The molecule has 0 bridgehead atoms. The van der Waals surface area contributed by atoms with Crippen LogP contribution in [0.2, 0.25) is 5.02 Å². The van der Waals surface area contributed by atoms with Gasteiger partial charge in [0.05, 0.1) is 11.5 Å². The highest BCUT2D eigenvalue weighted by Crippen LogP contribution is 2.35. The van der Waals surface area contributed by atoms with Gasteiger partial charge in [0.1, 0.15) is 5.82 Å². The van der Waals surface area contributed by atoms with Crippen LogP contribution in [-0.4, -0.2) is 13.1 Å². The number of halogens is 2. The number of benzene rings is 1. The first-order chi connectivity index (χ1) is 7.68. The zero-order chi connectivity index (χ0) is 11.6. The third-order valence-electron chi connectivity index (χ3n) is 3.12. The van der Waals surface area contributed by atoms with Gasteiger partial charge in [0.15, 0.2) is 0 Å². The molecule has 0 unspecified atom stereocenters. The second-order valence-electron chi connectivity index (χ2n) is 4.07. The number of nitrogens with zero attached hydrogens (tertiary/aromatic N) is 1. The van der Waals surface area contributed by atoms with Gasteiger partial charge >= 0.3 is 0 Å². The number of nitrogens with one attached hydrogen (secondary N) is 1. The zero-order valence-electron chi connectivity index (χ0n) is 8.76. The summed E-state index contributed by atoms with van der Waals surface area (Å²) in [6.07, 6.45) is 1.28. The van der Waals surface area contributed by atoms with E-state index in [4.69, 9.17) is 11.6 Å². The van der Waals surface area contributed by atoms with E-state index in [1.54, 1.807) is 12.1 Å². The van der Waals surface area contributed by atoms with Crippen LogP contribution < -0.4 is 5.32 Å². The van der Waals surface area contributed by atoms with Crippen LogP contribution in [0, 0.1) is 17.1 Å². The molecule has 0 aromatic heterocycles. The van der Waals surface area contributed by atoms with Gasteiger partial charge in [-0.25, -0.2) is 4.39 Å². The smallest absolute Gasteiger partial charge is 0.129 e. The molecule has 0 saturated carbocycles. The molecule has 1 aromatic carbocycles. The predicted octanol–water partition coefficient (Wildman–Crippen LogP) is 2.62. The fourth-order valence-electron chi connectivity index (χ4n) is 2.17. The first-order valence-corrected chi connectivity index (χ1v) is 5.63. The molecule has 1 aliphatic rings. The highest BCUT2D eigenvalue weighted by Gasteiger charge is 2.36. The van der Waals surface area contributed by atoms with Crippen molar-refractivity contribution in [2.24, 2.45) is 0 Å². The SMILES string of the molecule is N#CC1(c2ccc(Cl)cc2F)CCNCC1. The Morgan fingerprint density at radius 2 is 2.06 bits per heavy atom. The van der Waals surface area contributed by atoms with Crippen LogP contribution in [0.3, 0.4) is 0 Å². The van der Waals surface area contributed by atoms with Gasteiger partial charge in [0.25, 0.3) is 0 Å². The van der Waals surface area contributed by atoms with Crippen molar-refractivity contribution in [1.29, 1.82) is 5.26 Å². The van der Waals surface area contributed by atoms with E-state index in [9.17, 15) is 9.65 Å². The Morgan fingerprint density at radius 3 is 2.62 bits per heavy atom. The molecule has 84 valence electrons. The van der Waals surface area contributed by atoms with Crippen molar-refractivity contribution in [3.8, 4) is 6.07 Å². The summed E-state index contributed by atoms with van der Waals surface area (Å²) in [5.74, 6) is -0.379. The lowest BCUT2D eigenvalue weighted by Gasteiger charge is -2.31. The molecule has 2 nitrogen and oxygen atoms in total. The first kappa shape index (κ1) is 11.4. The minimum Gasteiger partial charge on any atom is -0.317 e. The van der Waals surface area contributed by atoms with E-state index in [2.05, 4.69) is 11.4 Å². The topological polar surface area (TPSA) is 35.8 Å². The van der Waals surface area contributed by atoms with Crippen molar-refractivity contribution in [3.05, 3.63) is 34.6 Å². The molecular weight excluding hydrogens is 227 g/mol. The van der Waals surface area contributed by atoms with Crippen LogP contribution >= 0.6 is 11.6 Å². The fourth-order valence-corrected chi connectivity index (χ4v) is 2.33. The van der Waals surface area contributed by atoms with Crippen molar-refractivity contribution in [3.63, 3.8) is 0 Å². The maximum absolute atomic E-state index is 13.8. The molecular formula is C12H12ClFN2. The molecule has 0 radical (unpaired) electrons. The standard InChI is InChI=1S/C12H12ClFN2/c13-9-1-2-10(11(14)7-9)12(8-15)3-5-16-6-4-12/h1-2,7,16H,3-6H2. The molecule has 1 heterocycles. The van der Waals surface area contributed by atoms with Crippen LogP contribution in [-0.2, 0) is 5.41 Å². The van der Waals surface area contributed by atoms with Crippen LogP contribution in [0.1, 0.15) is 18.4 Å². The molecule has 0 atom stereocenters. The van der Waals surface area contributed by atoms with E-state index in [1.807, 2.05) is 0 Å². The van der Waals surface area contributed by atoms with E-state index < -0.39 is 5.41 Å². The second-order valence-corrected chi connectivity index (χ2v) is 4.50. The highest BCUT2D eigenvalue weighted by atomic mass is 35.5. The van der Waals surface area contributed by atoms with Gasteiger partial charge in [-0.3, -0.25) is 0 Å². The fraction of sp³-hybridized carbons (Fsp3) is 0.417. The molecule has 1 saturated heterocycles. The van der Waals surface area contributed by atoms with Gasteiger partial charge < -0.3 is 5.32 Å². The Bertz CT molecular complexity index is 433. The quantitative estimate of drug-likeness (QED) is 0.817. The molecule has 4 heteroatoms. The lowest BCUT2D eigenvalue weighted by Crippen LogP contribution is -2.39. The van der Waals surface area contributed by atoms with Crippen LogP contribution in [0.5, 0.6) is 0 Å². The summed E-state index contributed by atoms with van der Waals surface area (Å²) in [6, 6.07) is 6.82. The molecule has 1 N–H and O–H groups in total. The molecule has 1 aliphatic heterocycles. The third kappa shape index (κ3) is 1.91. The van der Waals surface area contributed by atoms with E-state index in [0.717, 1.165) is 13.1 Å². The Kier molecular flexibility index (Phi) is 3.13. The van der Waals surface area contributed by atoms with Crippen molar-refractivity contribution in [2.75, 3.05) is 13.1 Å². The minimum absolute atomic E-state index is 0.364. The summed E-state index contributed by atoms with van der Waals surface area (Å²) >= 11 is 5.71. The van der Waals surface area contributed by atoms with Gasteiger partial charge in [0.2, 0.25) is 0 Å². The van der Waals surface area contributed by atoms with E-state index in [1.165, 1.54) is 6.07 Å². The van der Waals surface area contributed by atoms with Gasteiger partial charge in [-0.15, -0.1) is 0 Å². The van der Waals surface area contributed by atoms with Gasteiger partial charge in [-0.05, 0) is 38.1 Å². The van der Waals surface area contributed by atoms with Crippen LogP contribution in [0.15, 0.2) is 18.2 Å². The van der Waals surface area contributed by atoms with Gasteiger partial charge in [0, 0.05) is 10.6 Å². The van der Waals surface area contributed by atoms with Crippen molar-refractivity contribution in [2.45, 2.75) is 18.3 Å². The average molecular weight is 239 g/mol. The summed E-state index contributed by atoms with van der Waals surface area (Å²) in [5, 5.41) is 12.9. The van der Waals surface area contributed by atoms with Crippen molar-refractivity contribution < 1.29 is 4.39 Å². The minimum atomic E-state index is -0.695. The van der Waals surface area contributed by atoms with E-state index in [-0.39, 0.29) is 5.82 Å². The molecule has 1 aromatic rings. The Hall–Kier alpha value is -1.11. The first-order valence-electron chi connectivity index (χ1n) is 5.25. The lowest BCUT2D eigenvalue weighted by molar-refractivity contribution is 0.370. The van der Waals surface area contributed by atoms with Gasteiger partial charge in [-0.2, -0.15) is 5.26 Å². The summed E-state index contributed by atoms with van der Waals surface area (Å²) in [5.41, 5.74) is -0.221. The van der Waals surface area contributed by atoms with Crippen LogP contribution in [0.25, 0.3) is 0 Å².